The Kier molecular flexibility index (Phi) is 37.5. The lowest BCUT2D eigenvalue weighted by Gasteiger charge is -2.19. The van der Waals surface area contributed by atoms with Gasteiger partial charge in [-0.25, -0.2) is 37.7 Å². The van der Waals surface area contributed by atoms with E-state index in [9.17, 15) is 61.5 Å². The van der Waals surface area contributed by atoms with E-state index in [1.165, 1.54) is 21.0 Å². The second-order valence-corrected chi connectivity index (χ2v) is 10.5. The highest BCUT2D eigenvalue weighted by molar-refractivity contribution is 6.54. The maximum Gasteiger partial charge on any atom is 0.387 e. The Morgan fingerprint density at radius 1 is 0.778 bits per heavy atom. The summed E-state index contributed by atoms with van der Waals surface area (Å²) < 4.78 is 176. The number of ether oxygens (including phenoxy) is 2. The molecule has 0 aromatic heterocycles. The molecule has 30 heteroatoms. The quantitative estimate of drug-likeness (QED) is 0.0283. The van der Waals surface area contributed by atoms with Gasteiger partial charge in [0.2, 0.25) is 16.8 Å². The van der Waals surface area contributed by atoms with Crippen molar-refractivity contribution < 1.29 is 111 Å². The molecule has 2 unspecified atom stereocenters. The minimum Gasteiger partial charge on any atom is -0.484 e. The van der Waals surface area contributed by atoms with Gasteiger partial charge in [0, 0.05) is 12.5 Å². The molecule has 0 amide bonds. The second-order valence-electron chi connectivity index (χ2n) is 8.41. The number of allylic oxidation sites excluding steroid dienone is 5. The molecule has 1 aliphatic heterocycles. The van der Waals surface area contributed by atoms with Gasteiger partial charge in [0.1, 0.15) is 12.8 Å². The van der Waals surface area contributed by atoms with E-state index in [4.69, 9.17) is 71.8 Å². The average molecular weight is 955 g/mol. The molecule has 324 valence electrons. The molecule has 0 radical (unpaired) electrons. The van der Waals surface area contributed by atoms with Gasteiger partial charge in [0.25, 0.3) is 11.3 Å². The summed E-state index contributed by atoms with van der Waals surface area (Å²) in [5.41, 5.74) is -0.870. The van der Waals surface area contributed by atoms with Gasteiger partial charge < -0.3 is 14.4 Å². The van der Waals surface area contributed by atoms with Crippen molar-refractivity contribution in [1.82, 2.24) is 0 Å². The fraction of sp³-hybridized carbons (Fsp3) is 0.583. The summed E-state index contributed by atoms with van der Waals surface area (Å²) >= 11 is 28.7. The standard InChI is InChI=1S/C6H6ClF5O2.C5H4ClF5O2.C4H6ClFO.C3H4ClFO2.C3H4ClFO.C2H3FO.CHClO/c1-3(7)4(8)5(9,10)2-6(11,12)14-13;6-1-3(7)4(8,9)2-5(10,11)13-12;1-3(6)4(5)7-2;1-2(5)3(4)7-6;1-3(5)2(4)6-3;1-2(3)4;2-1-3/h13H,2H2,1H3;1,12H,2H2;1-2H3;6H,1H3;2H,1H3;1H3;1H/b4-3+;3-1-;4-3-;3-2+;;;. The zero-order chi connectivity index (χ0) is 45.1. The Morgan fingerprint density at radius 3 is 1.19 bits per heavy atom. The molecular formula is C24H28Cl6F14O10. The van der Waals surface area contributed by atoms with E-state index in [1.807, 2.05) is 0 Å². The lowest BCUT2D eigenvalue weighted by molar-refractivity contribution is -0.424. The average Bonchev–Trinajstić information content (AvgIpc) is 3.60. The highest BCUT2D eigenvalue weighted by Gasteiger charge is 2.52. The summed E-state index contributed by atoms with van der Waals surface area (Å²) in [6.07, 6.45) is -13.7. The molecule has 0 aromatic rings. The Hall–Kier alpha value is -1.58. The molecule has 54 heavy (non-hydrogen) atoms. The van der Waals surface area contributed by atoms with Crippen molar-refractivity contribution >= 4 is 81.4 Å². The number of carbonyl (C=O) groups is 2. The van der Waals surface area contributed by atoms with Gasteiger partial charge in [-0.2, -0.15) is 49.3 Å². The van der Waals surface area contributed by atoms with E-state index >= 15 is 0 Å². The number of hydrogen-bond acceptors (Lipinski definition) is 10. The third-order valence-corrected chi connectivity index (χ3v) is 5.26. The maximum absolute atomic E-state index is 12.6. The lowest BCUT2D eigenvalue weighted by Crippen LogP contribution is -2.31. The van der Waals surface area contributed by atoms with Crippen LogP contribution in [0.2, 0.25) is 0 Å². The summed E-state index contributed by atoms with van der Waals surface area (Å²) in [6, 6.07) is -1.33. The Morgan fingerprint density at radius 2 is 1.06 bits per heavy atom. The minimum atomic E-state index is -4.53. The van der Waals surface area contributed by atoms with Crippen LogP contribution in [0.1, 0.15) is 47.5 Å². The lowest BCUT2D eigenvalue weighted by atomic mass is 10.2. The van der Waals surface area contributed by atoms with E-state index < -0.39 is 87.9 Å². The van der Waals surface area contributed by atoms with Crippen LogP contribution < -0.4 is 0 Å². The zero-order valence-electron chi connectivity index (χ0n) is 27.4. The van der Waals surface area contributed by atoms with Gasteiger partial charge in [-0.1, -0.05) is 34.8 Å². The fourth-order valence-electron chi connectivity index (χ4n) is 1.45. The molecule has 1 rings (SSSR count). The topological polar surface area (TPSA) is 144 Å². The van der Waals surface area contributed by atoms with Crippen LogP contribution in [-0.2, 0) is 33.7 Å². The van der Waals surface area contributed by atoms with Crippen LogP contribution in [0.15, 0.2) is 44.3 Å². The summed E-state index contributed by atoms with van der Waals surface area (Å²) in [5.74, 6) is -15.9. The number of carbonyl (C=O) groups excluding carboxylic acids is 2. The van der Waals surface area contributed by atoms with Crippen molar-refractivity contribution in [2.24, 2.45) is 0 Å². The first-order valence-corrected chi connectivity index (χ1v) is 14.7. The maximum atomic E-state index is 12.6. The van der Waals surface area contributed by atoms with E-state index in [0.717, 1.165) is 20.8 Å². The Balaban J connectivity index is -0.000000132. The van der Waals surface area contributed by atoms with Crippen LogP contribution in [0, 0.1) is 0 Å². The summed E-state index contributed by atoms with van der Waals surface area (Å²) in [4.78, 5) is 25.5. The molecule has 1 fully saturated rings. The first-order valence-electron chi connectivity index (χ1n) is 12.3. The van der Waals surface area contributed by atoms with Crippen molar-refractivity contribution in [3.8, 4) is 0 Å². The Bertz CT molecular complexity index is 1170. The first kappa shape index (κ1) is 64.3. The van der Waals surface area contributed by atoms with Crippen LogP contribution in [-0.4, -0.2) is 70.1 Å². The summed E-state index contributed by atoms with van der Waals surface area (Å²) in [7, 11) is 1.31. The van der Waals surface area contributed by atoms with Gasteiger partial charge in [-0.05, 0) is 62.5 Å². The Labute approximate surface area is 326 Å². The fourth-order valence-corrected chi connectivity index (χ4v) is 1.92. The largest absolute Gasteiger partial charge is 0.484 e. The number of rotatable bonds is 10. The van der Waals surface area contributed by atoms with Crippen molar-refractivity contribution in [2.45, 2.75) is 82.9 Å². The summed E-state index contributed by atoms with van der Waals surface area (Å²) in [6.45, 7) is 5.23. The van der Waals surface area contributed by atoms with Crippen molar-refractivity contribution in [1.29, 1.82) is 0 Å². The number of alkyl halides is 10. The van der Waals surface area contributed by atoms with E-state index in [2.05, 4.69) is 47.3 Å². The molecule has 1 aliphatic rings. The van der Waals surface area contributed by atoms with Crippen LogP contribution in [0.4, 0.5) is 61.5 Å². The van der Waals surface area contributed by atoms with Crippen LogP contribution in [0.5, 0.6) is 0 Å². The molecule has 0 saturated carbocycles. The molecule has 1 heterocycles. The normalized spacial score (nSPS) is 17.9. The third-order valence-electron chi connectivity index (χ3n) is 3.67. The predicted molar refractivity (Wildman–Crippen MR) is 166 cm³/mol. The third kappa shape index (κ3) is 40.1. The monoisotopic (exact) mass is 952 g/mol. The minimum absolute atomic E-state index is 0.173. The van der Waals surface area contributed by atoms with Crippen molar-refractivity contribution in [2.75, 3.05) is 7.11 Å². The molecule has 0 aliphatic carbocycles. The molecular weight excluding hydrogens is 927 g/mol. The molecule has 1 saturated heterocycles. The molecule has 0 spiro atoms. The van der Waals surface area contributed by atoms with Crippen LogP contribution in [0.25, 0.3) is 0 Å². The molecule has 0 aromatic carbocycles. The predicted octanol–water partition coefficient (Wildman–Crippen LogP) is 12.8. The molecule has 10 nitrogen and oxygen atoms in total. The van der Waals surface area contributed by atoms with Crippen LogP contribution >= 0.6 is 69.6 Å². The van der Waals surface area contributed by atoms with Crippen molar-refractivity contribution in [3.63, 3.8) is 0 Å². The van der Waals surface area contributed by atoms with Gasteiger partial charge in [0.05, 0.1) is 12.1 Å². The number of halogens is 20. The number of epoxide rings is 1. The van der Waals surface area contributed by atoms with Gasteiger partial charge in [-0.3, -0.25) is 9.59 Å². The van der Waals surface area contributed by atoms with E-state index in [1.54, 1.807) is 0 Å². The van der Waals surface area contributed by atoms with Gasteiger partial charge in [0.15, 0.2) is 28.9 Å². The van der Waals surface area contributed by atoms with Crippen LogP contribution in [0.3, 0.4) is 0 Å². The smallest absolute Gasteiger partial charge is 0.387 e. The number of hydrogen-bond donors (Lipinski definition) is 3. The molecule has 3 N–H and O–H groups in total. The molecule has 2 atom stereocenters. The highest BCUT2D eigenvalue weighted by atomic mass is 35.5. The van der Waals surface area contributed by atoms with Gasteiger partial charge >= 0.3 is 24.1 Å². The number of methoxy groups -OCH3 is 1. The van der Waals surface area contributed by atoms with Crippen molar-refractivity contribution in [3.05, 3.63) is 44.3 Å². The highest BCUT2D eigenvalue weighted by Crippen LogP contribution is 2.40. The molecule has 0 bridgehead atoms. The summed E-state index contributed by atoms with van der Waals surface area (Å²) in [5, 5.41) is 20.8. The first-order chi connectivity index (χ1) is 24.0. The second kappa shape index (κ2) is 31.5. The van der Waals surface area contributed by atoms with E-state index in [0.29, 0.717) is 0 Å². The zero-order valence-corrected chi connectivity index (χ0v) is 31.9. The van der Waals surface area contributed by atoms with Gasteiger partial charge in [-0.15, -0.1) is 0 Å². The van der Waals surface area contributed by atoms with E-state index in [-0.39, 0.29) is 16.5 Å². The SMILES string of the molecule is C/C(Cl)=C(\F)C(F)(F)CC(F)(F)OO.C/C(F)=C(/Cl)OO.CC(=O)F.CC1(F)OC1Cl.CO/C(Cl)=C(/C)F.O=CCl.OOC(F)(F)CC(F)(F)/C(F)=C/Cl.